The van der Waals surface area contributed by atoms with Gasteiger partial charge < -0.3 is 4.42 Å². The highest BCUT2D eigenvalue weighted by Crippen LogP contribution is 2.38. The van der Waals surface area contributed by atoms with Crippen molar-refractivity contribution >= 4 is 11.0 Å². The smallest absolute Gasteiger partial charge is 0.140 e. The van der Waals surface area contributed by atoms with E-state index < -0.39 is 0 Å². The van der Waals surface area contributed by atoms with Crippen LogP contribution in [-0.4, -0.2) is 18.0 Å². The molecule has 1 fully saturated rings. The zero-order valence-corrected chi connectivity index (χ0v) is 13.9. The van der Waals surface area contributed by atoms with Gasteiger partial charge in [0.1, 0.15) is 11.4 Å². The van der Waals surface area contributed by atoms with Crippen LogP contribution in [0.25, 0.3) is 11.0 Å². The zero-order chi connectivity index (χ0) is 16.5. The van der Waals surface area contributed by atoms with Gasteiger partial charge in [-0.25, -0.2) is 4.39 Å². The summed E-state index contributed by atoms with van der Waals surface area (Å²) in [6, 6.07) is 15.8. The molecule has 124 valence electrons. The van der Waals surface area contributed by atoms with E-state index in [1.165, 1.54) is 5.56 Å². The van der Waals surface area contributed by atoms with Gasteiger partial charge in [0.15, 0.2) is 0 Å². The van der Waals surface area contributed by atoms with Crippen molar-refractivity contribution in [1.82, 2.24) is 4.90 Å². The fourth-order valence-corrected chi connectivity index (χ4v) is 4.02. The summed E-state index contributed by atoms with van der Waals surface area (Å²) in [7, 11) is 0. The number of benzene rings is 2. The SMILES string of the molecule is CC1CN(Cc2ccccc2)CCC1c1c(F)ccc2ccoc12. The van der Waals surface area contributed by atoms with Gasteiger partial charge in [0.25, 0.3) is 0 Å². The number of nitrogens with zero attached hydrogens (tertiary/aromatic N) is 1. The number of halogens is 1. The molecule has 1 aliphatic rings. The molecule has 0 spiro atoms. The topological polar surface area (TPSA) is 16.4 Å². The molecule has 2 unspecified atom stereocenters. The van der Waals surface area contributed by atoms with Crippen molar-refractivity contribution in [3.8, 4) is 0 Å². The van der Waals surface area contributed by atoms with Crippen molar-refractivity contribution in [2.24, 2.45) is 5.92 Å². The van der Waals surface area contributed by atoms with Gasteiger partial charge in [-0.2, -0.15) is 0 Å². The van der Waals surface area contributed by atoms with Crippen LogP contribution in [0.3, 0.4) is 0 Å². The fourth-order valence-electron chi connectivity index (χ4n) is 4.02. The summed E-state index contributed by atoms with van der Waals surface area (Å²) in [5.41, 5.74) is 2.83. The second-order valence-electron chi connectivity index (χ2n) is 6.89. The average Bonchev–Trinajstić information content (AvgIpc) is 3.05. The molecule has 3 heteroatoms. The standard InChI is InChI=1S/C21H22FNO/c1-15-13-23(14-16-5-3-2-4-6-16)11-9-18(15)20-19(22)8-7-17-10-12-24-21(17)20/h2-8,10,12,15,18H,9,11,13-14H2,1H3. The van der Waals surface area contributed by atoms with Gasteiger partial charge in [0, 0.05) is 24.0 Å². The molecular formula is C21H22FNO. The molecule has 1 saturated heterocycles. The van der Waals surface area contributed by atoms with Gasteiger partial charge in [-0.1, -0.05) is 37.3 Å². The quantitative estimate of drug-likeness (QED) is 0.659. The van der Waals surface area contributed by atoms with Gasteiger partial charge in [0.05, 0.1) is 6.26 Å². The van der Waals surface area contributed by atoms with Crippen LogP contribution in [0.4, 0.5) is 4.39 Å². The van der Waals surface area contributed by atoms with Crippen LogP contribution in [-0.2, 0) is 6.54 Å². The summed E-state index contributed by atoms with van der Waals surface area (Å²) >= 11 is 0. The second-order valence-corrected chi connectivity index (χ2v) is 6.89. The molecule has 0 amide bonds. The Morgan fingerprint density at radius 2 is 1.96 bits per heavy atom. The van der Waals surface area contributed by atoms with E-state index in [1.807, 2.05) is 12.1 Å². The van der Waals surface area contributed by atoms with Gasteiger partial charge in [-0.05, 0) is 48.6 Å². The summed E-state index contributed by atoms with van der Waals surface area (Å²) in [6.45, 7) is 5.16. The number of hydrogen-bond donors (Lipinski definition) is 0. The third-order valence-electron chi connectivity index (χ3n) is 5.22. The largest absolute Gasteiger partial charge is 0.464 e. The fraction of sp³-hybridized carbons (Fsp3) is 0.333. The van der Waals surface area contributed by atoms with E-state index in [0.717, 1.165) is 42.6 Å². The van der Waals surface area contributed by atoms with Crippen LogP contribution < -0.4 is 0 Å². The minimum absolute atomic E-state index is 0.134. The molecule has 1 aromatic heterocycles. The molecule has 3 aromatic rings. The molecule has 2 heterocycles. The third-order valence-corrected chi connectivity index (χ3v) is 5.22. The Labute approximate surface area is 141 Å². The molecular weight excluding hydrogens is 301 g/mol. The van der Waals surface area contributed by atoms with E-state index in [0.29, 0.717) is 5.92 Å². The first-order valence-electron chi connectivity index (χ1n) is 8.64. The van der Waals surface area contributed by atoms with Crippen molar-refractivity contribution in [2.75, 3.05) is 13.1 Å². The molecule has 2 nitrogen and oxygen atoms in total. The lowest BCUT2D eigenvalue weighted by atomic mass is 9.80. The van der Waals surface area contributed by atoms with Gasteiger partial charge >= 0.3 is 0 Å². The number of hydrogen-bond acceptors (Lipinski definition) is 2. The normalized spacial score (nSPS) is 22.1. The minimum atomic E-state index is -0.134. The highest BCUT2D eigenvalue weighted by Gasteiger charge is 2.31. The number of likely N-dealkylation sites (tertiary alicyclic amines) is 1. The average molecular weight is 323 g/mol. The summed E-state index contributed by atoms with van der Waals surface area (Å²) in [6.07, 6.45) is 2.62. The van der Waals surface area contributed by atoms with Crippen LogP contribution in [0.5, 0.6) is 0 Å². The van der Waals surface area contributed by atoms with Gasteiger partial charge in [0.2, 0.25) is 0 Å². The Hall–Kier alpha value is -2.13. The Bertz CT molecular complexity index is 826. The molecule has 0 saturated carbocycles. The van der Waals surface area contributed by atoms with Gasteiger partial charge in [-0.3, -0.25) is 4.90 Å². The van der Waals surface area contributed by atoms with E-state index in [2.05, 4.69) is 36.1 Å². The van der Waals surface area contributed by atoms with Crippen LogP contribution >= 0.6 is 0 Å². The number of rotatable bonds is 3. The molecule has 0 N–H and O–H groups in total. The maximum Gasteiger partial charge on any atom is 0.140 e. The van der Waals surface area contributed by atoms with Crippen LogP contribution in [0, 0.1) is 11.7 Å². The summed E-state index contributed by atoms with van der Waals surface area (Å²) in [4.78, 5) is 2.47. The van der Waals surface area contributed by atoms with Crippen molar-refractivity contribution in [1.29, 1.82) is 0 Å². The summed E-state index contributed by atoms with van der Waals surface area (Å²) in [5.74, 6) is 0.477. The molecule has 2 atom stereocenters. The maximum atomic E-state index is 14.5. The third kappa shape index (κ3) is 2.84. The molecule has 0 radical (unpaired) electrons. The predicted molar refractivity (Wildman–Crippen MR) is 94.4 cm³/mol. The Kier molecular flexibility index (Phi) is 4.11. The van der Waals surface area contributed by atoms with Crippen LogP contribution in [0.15, 0.2) is 59.2 Å². The Morgan fingerprint density at radius 3 is 2.75 bits per heavy atom. The van der Waals surface area contributed by atoms with Crippen molar-refractivity contribution in [3.63, 3.8) is 0 Å². The van der Waals surface area contributed by atoms with E-state index >= 15 is 0 Å². The molecule has 24 heavy (non-hydrogen) atoms. The van der Waals surface area contributed by atoms with E-state index in [1.54, 1.807) is 18.4 Å². The summed E-state index contributed by atoms with van der Waals surface area (Å²) in [5, 5.41) is 0.991. The first-order chi connectivity index (χ1) is 11.7. The first-order valence-corrected chi connectivity index (χ1v) is 8.64. The lowest BCUT2D eigenvalue weighted by Crippen LogP contribution is -2.38. The lowest BCUT2D eigenvalue weighted by molar-refractivity contribution is 0.154. The zero-order valence-electron chi connectivity index (χ0n) is 13.9. The number of piperidine rings is 1. The van der Waals surface area contributed by atoms with Crippen LogP contribution in [0.2, 0.25) is 0 Å². The monoisotopic (exact) mass is 323 g/mol. The molecule has 0 bridgehead atoms. The molecule has 4 rings (SSSR count). The van der Waals surface area contributed by atoms with E-state index in [9.17, 15) is 4.39 Å². The first kappa shape index (κ1) is 15.4. The number of furan rings is 1. The van der Waals surface area contributed by atoms with E-state index in [-0.39, 0.29) is 11.7 Å². The number of fused-ring (bicyclic) bond motifs is 1. The van der Waals surface area contributed by atoms with E-state index in [4.69, 9.17) is 4.42 Å². The maximum absolute atomic E-state index is 14.5. The summed E-state index contributed by atoms with van der Waals surface area (Å²) < 4.78 is 20.1. The van der Waals surface area contributed by atoms with Gasteiger partial charge in [-0.15, -0.1) is 0 Å². The molecule has 1 aliphatic heterocycles. The lowest BCUT2D eigenvalue weighted by Gasteiger charge is -2.37. The second kappa shape index (κ2) is 6.40. The predicted octanol–water partition coefficient (Wildman–Crippen LogP) is 5.20. The Balaban J connectivity index is 1.54. The molecule has 0 aliphatic carbocycles. The van der Waals surface area contributed by atoms with Crippen molar-refractivity contribution < 1.29 is 8.81 Å². The molecule has 2 aromatic carbocycles. The van der Waals surface area contributed by atoms with Crippen molar-refractivity contribution in [3.05, 3.63) is 71.7 Å². The minimum Gasteiger partial charge on any atom is -0.464 e. The van der Waals surface area contributed by atoms with Crippen molar-refractivity contribution in [2.45, 2.75) is 25.8 Å². The highest BCUT2D eigenvalue weighted by atomic mass is 19.1. The van der Waals surface area contributed by atoms with Crippen LogP contribution in [0.1, 0.15) is 30.4 Å². The Morgan fingerprint density at radius 1 is 1.12 bits per heavy atom. The highest BCUT2D eigenvalue weighted by molar-refractivity contribution is 5.81.